The third kappa shape index (κ3) is 806000. The molecule has 0 aromatic rings. The molecule has 0 aromatic carbocycles. The predicted octanol–water partition coefficient (Wildman–Crippen LogP) is -45.8. The molecule has 8 radical (unpaired) electrons. The van der Waals surface area contributed by atoms with Gasteiger partial charge in [-0.25, -0.2) is 0 Å². The van der Waals surface area contributed by atoms with E-state index < -0.39 is 125 Å². The van der Waals surface area contributed by atoms with E-state index in [2.05, 4.69) is 0 Å². The molecule has 0 aliphatic carbocycles. The summed E-state index contributed by atoms with van der Waals surface area (Å²) in [6.45, 7) is 0. The van der Waals surface area contributed by atoms with E-state index in [0.29, 0.717) is 0 Å². The van der Waals surface area contributed by atoms with Gasteiger partial charge in [0.2, 0.25) is 0 Å². The Bertz CT molecular complexity index is 1740. The zero-order valence-corrected chi connectivity index (χ0v) is 64.0. The van der Waals surface area contributed by atoms with Gasteiger partial charge in [-0.05, 0) is 0 Å². The second kappa shape index (κ2) is 207. The van der Waals surface area contributed by atoms with E-state index in [0.717, 1.165) is 0 Å². The Balaban J connectivity index is -0.00000000431. The van der Waals surface area contributed by atoms with E-state index in [1.54, 1.807) is 0 Å². The summed E-state index contributed by atoms with van der Waals surface area (Å²) in [4.78, 5) is 0. The van der Waals surface area contributed by atoms with Gasteiger partial charge in [0.15, 0.2) is 0 Å². The smallest absolute Gasteiger partial charge is 0.759 e. The molecular formula is H72Fe8O84S12. The van der Waals surface area contributed by atoms with Crippen LogP contribution in [-0.2, 0) is 261 Å². The van der Waals surface area contributed by atoms with Crippen molar-refractivity contribution in [1.82, 2.24) is 0 Å². The Morgan fingerprint density at radius 3 is 0.0769 bits per heavy atom. The molecule has 0 amide bonds. The molecule has 0 spiro atoms. The molecule has 0 bridgehead atoms. The SMILES string of the molecule is O.O.O.O.O.O.O.O.O.O.O.O.O.O.O.O.O.O.O.O.O.O.O.O.O.O.O.O.O.O.O.O.O.O.O.O.O=S(=O)([O-])[O-].O=S(=O)([O-])[O-].O=S(=O)([O-])[O-].O=S(=O)([O-])[O-].O=S(=O)([O-])[O-].O=S(=O)([O-])[O-].O=S(=O)([O-])[O-].O=S(=O)([O-])[O-].O=S(=O)([O-])[O-].O=S(=O)([O-])[O-].O=S(=O)([O-])[O-].O=S(=O)([O-])[O-].[Fe+3].[Fe+3].[Fe+3].[Fe+3].[Fe+3].[Fe+3].[Fe+3].[Fe+3]. The summed E-state index contributed by atoms with van der Waals surface area (Å²) >= 11 is 0. The summed E-state index contributed by atoms with van der Waals surface area (Å²) in [5.41, 5.74) is 0. The molecule has 0 aliphatic heterocycles. The molecule has 0 saturated carbocycles. The van der Waals surface area contributed by atoms with Crippen LogP contribution in [0.1, 0.15) is 0 Å². The Labute approximate surface area is 663 Å². The normalized spacial score (nSPS) is 6.69. The minimum Gasteiger partial charge on any atom is -0.759 e. The molecule has 712 valence electrons. The van der Waals surface area contributed by atoms with Crippen LogP contribution in [0, 0.1) is 0 Å². The standard InChI is InChI=1S/8Fe.12H2O4S.36H2O/c;;;;;;;;12*1-5(2,3)4;;;;;;;;;;;;;;;;;;;;;;;;;;;;;;;;;;;;/h;;;;;;;;12*(H2,1,2,3,4);36*1H2/q8*+3;;;;;;;;;;;;;;;;;;;;;;;;;;;;;;;;;;;;;;;;;;;;;;;;/p-24. The van der Waals surface area contributed by atoms with E-state index >= 15 is 0 Å². The summed E-state index contributed by atoms with van der Waals surface area (Å²) in [5.74, 6) is 0. The van der Waals surface area contributed by atoms with Crippen LogP contribution in [0.3, 0.4) is 0 Å². The number of rotatable bonds is 0. The Morgan fingerprint density at radius 2 is 0.0769 bits per heavy atom. The molecule has 0 fully saturated rings. The van der Waals surface area contributed by atoms with Crippen molar-refractivity contribution in [2.45, 2.75) is 0 Å². The number of hydrogen-bond acceptors (Lipinski definition) is 48. The molecule has 104 heteroatoms. The molecule has 0 unspecified atom stereocenters. The van der Waals surface area contributed by atoms with Crippen molar-refractivity contribution >= 4 is 125 Å². The van der Waals surface area contributed by atoms with Crippen molar-refractivity contribution in [3.63, 3.8) is 0 Å². The van der Waals surface area contributed by atoms with Crippen LogP contribution in [0.25, 0.3) is 0 Å². The van der Waals surface area contributed by atoms with Crippen molar-refractivity contribution in [1.29, 1.82) is 0 Å². The first kappa shape index (κ1) is 472. The summed E-state index contributed by atoms with van der Waals surface area (Å²) in [7, 11) is -62.0. The van der Waals surface area contributed by atoms with Crippen LogP contribution < -0.4 is 0 Å². The average molecular weight is 2250 g/mol. The van der Waals surface area contributed by atoms with Gasteiger partial charge in [0.1, 0.15) is 0 Å². The van der Waals surface area contributed by atoms with Gasteiger partial charge in [0, 0.05) is 125 Å². The second-order valence-electron chi connectivity index (χ2n) is 4.90. The Hall–Kier alpha value is 1.16. The van der Waals surface area contributed by atoms with Gasteiger partial charge in [-0.15, -0.1) is 0 Å². The third-order valence-electron chi connectivity index (χ3n) is 0. The average Bonchev–Trinajstić information content (AvgIpc) is 2.48. The van der Waals surface area contributed by atoms with E-state index in [4.69, 9.17) is 210 Å². The summed E-state index contributed by atoms with van der Waals surface area (Å²) < 4.78 is 409. The number of hydrogen-bond donors (Lipinski definition) is 0. The molecule has 84 nitrogen and oxygen atoms in total. The summed E-state index contributed by atoms with van der Waals surface area (Å²) in [5, 5.41) is 0. The monoisotopic (exact) mass is 2250 g/mol. The molecule has 0 aliphatic rings. The molecule has 0 rings (SSSR count). The zero-order chi connectivity index (χ0) is 54.0. The van der Waals surface area contributed by atoms with Crippen LogP contribution in [-0.4, -0.2) is 407 Å². The predicted molar refractivity (Wildman–Crippen MR) is 256 cm³/mol. The molecule has 72 N–H and O–H groups in total. The van der Waals surface area contributed by atoms with Crippen molar-refractivity contribution in [2.75, 3.05) is 0 Å². The molecule has 0 atom stereocenters. The fourth-order valence-electron chi connectivity index (χ4n) is 0. The van der Waals surface area contributed by atoms with Gasteiger partial charge in [0.05, 0.1) is 0 Å². The van der Waals surface area contributed by atoms with E-state index in [9.17, 15) is 0 Å². The van der Waals surface area contributed by atoms with Gasteiger partial charge in [-0.1, -0.05) is 0 Å². The largest absolute Gasteiger partial charge is 3.00 e. The van der Waals surface area contributed by atoms with Crippen LogP contribution in [0.5, 0.6) is 0 Å². The van der Waals surface area contributed by atoms with Crippen molar-refractivity contribution in [3.8, 4) is 0 Å². The van der Waals surface area contributed by atoms with E-state index in [-0.39, 0.29) is 334 Å². The van der Waals surface area contributed by atoms with Crippen molar-refractivity contribution in [2.24, 2.45) is 0 Å². The minimum absolute atomic E-state index is 0. The van der Waals surface area contributed by atoms with E-state index in [1.807, 2.05) is 0 Å². The first-order valence-electron chi connectivity index (χ1n) is 8.00. The van der Waals surface area contributed by atoms with Crippen LogP contribution >= 0.6 is 0 Å². The van der Waals surface area contributed by atoms with Crippen LogP contribution in [0.4, 0.5) is 0 Å². The fourth-order valence-corrected chi connectivity index (χ4v) is 0. The van der Waals surface area contributed by atoms with Gasteiger partial charge in [0.25, 0.3) is 0 Å². The maximum Gasteiger partial charge on any atom is 3.00 e. The first-order valence-corrected chi connectivity index (χ1v) is 24.0. The van der Waals surface area contributed by atoms with Gasteiger partial charge in [-0.3, -0.25) is 101 Å². The molecular weight excluding hydrogens is 2180 g/mol. The Kier molecular flexibility index (Phi) is 940. The molecule has 0 saturated heterocycles. The van der Waals surface area contributed by atoms with E-state index in [1.165, 1.54) is 0 Å². The first-order chi connectivity index (χ1) is 24.0. The van der Waals surface area contributed by atoms with Crippen LogP contribution in [0.2, 0.25) is 0 Å². The minimum atomic E-state index is -5.17. The fraction of sp³-hybridized carbons (Fsp3) is 0. The third-order valence-corrected chi connectivity index (χ3v) is 0. The zero-order valence-electron chi connectivity index (χ0n) is 45.3. The summed E-state index contributed by atoms with van der Waals surface area (Å²) in [6.07, 6.45) is 0. The van der Waals surface area contributed by atoms with Gasteiger partial charge < -0.3 is 306 Å². The van der Waals surface area contributed by atoms with Crippen molar-refractivity contribution in [3.05, 3.63) is 0 Å². The topological polar surface area (TPSA) is 2100 Å². The van der Waals surface area contributed by atoms with Gasteiger partial charge >= 0.3 is 137 Å². The van der Waals surface area contributed by atoms with Crippen LogP contribution in [0.15, 0.2) is 0 Å². The maximum absolute atomic E-state index is 8.52. The molecule has 0 heterocycles. The molecule has 0 aromatic heterocycles. The van der Waals surface area contributed by atoms with Crippen molar-refractivity contribution < 1.29 is 544 Å². The summed E-state index contributed by atoms with van der Waals surface area (Å²) in [6, 6.07) is 0. The molecule has 104 heavy (non-hydrogen) atoms. The second-order valence-corrected chi connectivity index (χ2v) is 14.7. The van der Waals surface area contributed by atoms with Gasteiger partial charge in [-0.2, -0.15) is 0 Å². The Morgan fingerprint density at radius 1 is 0.0769 bits per heavy atom. The maximum atomic E-state index is 8.52. The quantitative estimate of drug-likeness (QED) is 0.123.